The monoisotopic (exact) mass is 367 g/mol. The van der Waals surface area contributed by atoms with Crippen molar-refractivity contribution in [1.82, 2.24) is 15.5 Å². The maximum absolute atomic E-state index is 12.7. The molecule has 0 aliphatic heterocycles. The maximum atomic E-state index is 12.7. The van der Waals surface area contributed by atoms with Crippen LogP contribution in [-0.4, -0.2) is 36.8 Å². The van der Waals surface area contributed by atoms with Crippen LogP contribution in [0.5, 0.6) is 11.6 Å². The Balaban J connectivity index is 1.72. The van der Waals surface area contributed by atoms with Crippen molar-refractivity contribution in [1.29, 1.82) is 0 Å². The minimum absolute atomic E-state index is 0.240. The van der Waals surface area contributed by atoms with E-state index in [-0.39, 0.29) is 5.91 Å². The highest BCUT2D eigenvalue weighted by atomic mass is 16.5. The Kier molecular flexibility index (Phi) is 5.71. The van der Waals surface area contributed by atoms with Gasteiger partial charge in [0.2, 0.25) is 5.88 Å². The second kappa shape index (κ2) is 8.35. The van der Waals surface area contributed by atoms with Gasteiger partial charge in [0.05, 0.1) is 25.5 Å². The maximum Gasteiger partial charge on any atom is 0.257 e. The van der Waals surface area contributed by atoms with Crippen molar-refractivity contribution in [2.75, 3.05) is 20.8 Å². The van der Waals surface area contributed by atoms with Crippen molar-refractivity contribution in [2.24, 2.45) is 0 Å². The molecule has 0 saturated heterocycles. The van der Waals surface area contributed by atoms with Crippen LogP contribution in [0.15, 0.2) is 47.1 Å². The van der Waals surface area contributed by atoms with Gasteiger partial charge in [-0.05, 0) is 31.0 Å². The zero-order valence-electron chi connectivity index (χ0n) is 15.5. The van der Waals surface area contributed by atoms with E-state index in [1.165, 1.54) is 0 Å². The summed E-state index contributed by atoms with van der Waals surface area (Å²) in [7, 11) is 3.15. The molecular formula is C20H21N3O4. The van der Waals surface area contributed by atoms with Crippen LogP contribution in [0.2, 0.25) is 0 Å². The number of aryl methyl sites for hydroxylation is 1. The van der Waals surface area contributed by atoms with E-state index in [0.29, 0.717) is 47.2 Å². The fraction of sp³-hybridized carbons (Fsp3) is 0.250. The number of para-hydroxylation sites is 1. The number of carbonyl (C=O) groups is 1. The molecule has 140 valence electrons. The molecule has 1 amide bonds. The summed E-state index contributed by atoms with van der Waals surface area (Å²) in [5.41, 5.74) is 2.63. The molecule has 0 aliphatic carbocycles. The van der Waals surface area contributed by atoms with Gasteiger partial charge >= 0.3 is 0 Å². The number of rotatable bonds is 7. The summed E-state index contributed by atoms with van der Waals surface area (Å²) in [6, 6.07) is 11.1. The SMILES string of the molecule is COc1ccc(CCNC(=O)c2c(C)noc2-c2ccccc2OC)cn1. The number of benzene rings is 1. The molecule has 0 atom stereocenters. The van der Waals surface area contributed by atoms with Crippen LogP contribution in [0.4, 0.5) is 0 Å². The van der Waals surface area contributed by atoms with Gasteiger partial charge in [-0.25, -0.2) is 4.98 Å². The largest absolute Gasteiger partial charge is 0.496 e. The van der Waals surface area contributed by atoms with E-state index in [4.69, 9.17) is 14.0 Å². The fourth-order valence-corrected chi connectivity index (χ4v) is 2.74. The predicted octanol–water partition coefficient (Wildman–Crippen LogP) is 3.03. The standard InChI is InChI=1S/C20H21N3O4/c1-13-18(19(27-23-13)15-6-4-5-7-16(15)25-2)20(24)21-11-10-14-8-9-17(26-3)22-12-14/h4-9,12H,10-11H2,1-3H3,(H,21,24). The van der Waals surface area contributed by atoms with Crippen molar-refractivity contribution in [2.45, 2.75) is 13.3 Å². The molecular weight excluding hydrogens is 346 g/mol. The summed E-state index contributed by atoms with van der Waals surface area (Å²) in [5.74, 6) is 1.33. The van der Waals surface area contributed by atoms with E-state index in [1.54, 1.807) is 33.4 Å². The molecule has 7 nitrogen and oxygen atoms in total. The van der Waals surface area contributed by atoms with E-state index >= 15 is 0 Å². The van der Waals surface area contributed by atoms with Crippen molar-refractivity contribution in [3.05, 3.63) is 59.4 Å². The van der Waals surface area contributed by atoms with Crippen LogP contribution in [0.25, 0.3) is 11.3 Å². The number of ether oxygens (including phenoxy) is 2. The molecule has 3 aromatic rings. The molecule has 1 aromatic carbocycles. The zero-order chi connectivity index (χ0) is 19.2. The van der Waals surface area contributed by atoms with Gasteiger partial charge in [-0.2, -0.15) is 0 Å². The third-order valence-corrected chi connectivity index (χ3v) is 4.15. The summed E-state index contributed by atoms with van der Waals surface area (Å²) in [5, 5.41) is 6.87. The highest BCUT2D eigenvalue weighted by Crippen LogP contribution is 2.33. The predicted molar refractivity (Wildman–Crippen MR) is 100 cm³/mol. The summed E-state index contributed by atoms with van der Waals surface area (Å²) in [6.07, 6.45) is 2.38. The molecule has 0 spiro atoms. The van der Waals surface area contributed by atoms with Crippen LogP contribution in [0.3, 0.4) is 0 Å². The second-order valence-corrected chi connectivity index (χ2v) is 5.89. The first kappa shape index (κ1) is 18.4. The Labute approximate surface area is 157 Å². The molecule has 0 saturated carbocycles. The quantitative estimate of drug-likeness (QED) is 0.691. The number of nitrogens with zero attached hydrogens (tertiary/aromatic N) is 2. The zero-order valence-corrected chi connectivity index (χ0v) is 15.5. The Morgan fingerprint density at radius 1 is 1.15 bits per heavy atom. The number of amides is 1. The topological polar surface area (TPSA) is 86.5 Å². The molecule has 0 fully saturated rings. The molecule has 2 heterocycles. The number of hydrogen-bond donors (Lipinski definition) is 1. The average Bonchev–Trinajstić information content (AvgIpc) is 3.09. The lowest BCUT2D eigenvalue weighted by Crippen LogP contribution is -2.26. The van der Waals surface area contributed by atoms with E-state index in [2.05, 4.69) is 15.5 Å². The minimum atomic E-state index is -0.240. The number of carbonyl (C=O) groups excluding carboxylic acids is 1. The van der Waals surface area contributed by atoms with Gasteiger partial charge in [-0.3, -0.25) is 4.79 Å². The first-order valence-corrected chi connectivity index (χ1v) is 8.50. The van der Waals surface area contributed by atoms with Gasteiger partial charge in [0.25, 0.3) is 5.91 Å². The first-order valence-electron chi connectivity index (χ1n) is 8.50. The Morgan fingerprint density at radius 3 is 2.67 bits per heavy atom. The molecule has 0 unspecified atom stereocenters. The smallest absolute Gasteiger partial charge is 0.257 e. The molecule has 2 aromatic heterocycles. The van der Waals surface area contributed by atoms with Crippen LogP contribution < -0.4 is 14.8 Å². The van der Waals surface area contributed by atoms with Gasteiger partial charge in [-0.15, -0.1) is 0 Å². The summed E-state index contributed by atoms with van der Waals surface area (Å²) in [4.78, 5) is 16.9. The molecule has 0 aliphatic rings. The summed E-state index contributed by atoms with van der Waals surface area (Å²) < 4.78 is 15.8. The van der Waals surface area contributed by atoms with Crippen molar-refractivity contribution < 1.29 is 18.8 Å². The van der Waals surface area contributed by atoms with E-state index in [0.717, 1.165) is 5.56 Å². The minimum Gasteiger partial charge on any atom is -0.496 e. The molecule has 0 bridgehead atoms. The number of methoxy groups -OCH3 is 2. The third kappa shape index (κ3) is 4.08. The Morgan fingerprint density at radius 2 is 1.96 bits per heavy atom. The van der Waals surface area contributed by atoms with Gasteiger partial charge in [0, 0.05) is 18.8 Å². The number of nitrogens with one attached hydrogen (secondary N) is 1. The fourth-order valence-electron chi connectivity index (χ4n) is 2.74. The number of pyridine rings is 1. The summed E-state index contributed by atoms with van der Waals surface area (Å²) >= 11 is 0. The van der Waals surface area contributed by atoms with Crippen LogP contribution in [-0.2, 0) is 6.42 Å². The highest BCUT2D eigenvalue weighted by molar-refractivity contribution is 6.01. The van der Waals surface area contributed by atoms with Crippen LogP contribution >= 0.6 is 0 Å². The van der Waals surface area contributed by atoms with Gasteiger partial charge in [0.15, 0.2) is 5.76 Å². The molecule has 0 radical (unpaired) electrons. The second-order valence-electron chi connectivity index (χ2n) is 5.89. The van der Waals surface area contributed by atoms with Crippen LogP contribution in [0, 0.1) is 6.92 Å². The van der Waals surface area contributed by atoms with Gasteiger partial charge < -0.3 is 19.3 Å². The number of hydrogen-bond acceptors (Lipinski definition) is 6. The van der Waals surface area contributed by atoms with E-state index in [9.17, 15) is 4.79 Å². The molecule has 7 heteroatoms. The lowest BCUT2D eigenvalue weighted by Gasteiger charge is -2.08. The normalized spacial score (nSPS) is 10.5. The van der Waals surface area contributed by atoms with Crippen molar-refractivity contribution in [3.63, 3.8) is 0 Å². The van der Waals surface area contributed by atoms with Crippen molar-refractivity contribution >= 4 is 5.91 Å². The molecule has 1 N–H and O–H groups in total. The lowest BCUT2D eigenvalue weighted by atomic mass is 10.1. The number of aromatic nitrogens is 2. The lowest BCUT2D eigenvalue weighted by molar-refractivity contribution is 0.0954. The Bertz CT molecular complexity index is 919. The highest BCUT2D eigenvalue weighted by Gasteiger charge is 2.23. The first-order chi connectivity index (χ1) is 13.1. The van der Waals surface area contributed by atoms with E-state index < -0.39 is 0 Å². The van der Waals surface area contributed by atoms with Gasteiger partial charge in [-0.1, -0.05) is 23.4 Å². The van der Waals surface area contributed by atoms with E-state index in [1.807, 2.05) is 30.3 Å². The molecule has 3 rings (SSSR count). The molecule has 27 heavy (non-hydrogen) atoms. The van der Waals surface area contributed by atoms with Gasteiger partial charge in [0.1, 0.15) is 11.3 Å². The van der Waals surface area contributed by atoms with Crippen LogP contribution in [0.1, 0.15) is 21.6 Å². The third-order valence-electron chi connectivity index (χ3n) is 4.15. The average molecular weight is 367 g/mol. The Hall–Kier alpha value is -3.35. The van der Waals surface area contributed by atoms with Crippen molar-refractivity contribution in [3.8, 4) is 23.0 Å². The summed E-state index contributed by atoms with van der Waals surface area (Å²) in [6.45, 7) is 2.20.